The number of carbonyl (C=O) groups is 2. The lowest BCUT2D eigenvalue weighted by molar-refractivity contribution is -0.139. The maximum absolute atomic E-state index is 12.9. The highest BCUT2D eigenvalue weighted by Gasteiger charge is 2.45. The summed E-state index contributed by atoms with van der Waals surface area (Å²) in [5.74, 6) is -1.45. The van der Waals surface area contributed by atoms with E-state index in [1.807, 2.05) is 35.9 Å². The van der Waals surface area contributed by atoms with Crippen LogP contribution in [-0.4, -0.2) is 42.8 Å². The Labute approximate surface area is 174 Å². The van der Waals surface area contributed by atoms with Crippen molar-refractivity contribution in [1.29, 1.82) is 0 Å². The number of hydrogen-bond donors (Lipinski definition) is 1. The Morgan fingerprint density at radius 1 is 1.07 bits per heavy atom. The fourth-order valence-corrected chi connectivity index (χ4v) is 3.70. The van der Waals surface area contributed by atoms with E-state index in [0.717, 1.165) is 5.56 Å². The van der Waals surface area contributed by atoms with Crippen LogP contribution in [-0.2, 0) is 16.1 Å². The van der Waals surface area contributed by atoms with Gasteiger partial charge in [-0.3, -0.25) is 14.6 Å². The molecule has 3 heterocycles. The summed E-state index contributed by atoms with van der Waals surface area (Å²) >= 11 is 0. The number of aliphatic hydroxyl groups excluding tert-OH is 1. The smallest absolute Gasteiger partial charge is 0.295 e. The Balaban J connectivity index is 1.71. The number of likely N-dealkylation sites (tertiary alicyclic amines) is 1. The molecule has 1 aliphatic rings. The number of benzene rings is 1. The first-order valence-corrected chi connectivity index (χ1v) is 9.77. The number of Topliss-reactive ketones (excluding diaryl/α,β-unsaturated/α-hetero) is 1. The van der Waals surface area contributed by atoms with Gasteiger partial charge in [0.25, 0.3) is 11.7 Å². The van der Waals surface area contributed by atoms with Gasteiger partial charge in [-0.05, 0) is 25.0 Å². The minimum absolute atomic E-state index is 0.0967. The van der Waals surface area contributed by atoms with Crippen LogP contribution < -0.4 is 0 Å². The van der Waals surface area contributed by atoms with Crippen molar-refractivity contribution < 1.29 is 14.7 Å². The molecule has 1 saturated heterocycles. The largest absolute Gasteiger partial charge is 0.507 e. The number of pyridine rings is 1. The van der Waals surface area contributed by atoms with Gasteiger partial charge in [-0.2, -0.15) is 0 Å². The molecule has 1 N–H and O–H groups in total. The molecule has 1 aliphatic heterocycles. The lowest BCUT2D eigenvalue weighted by atomic mass is 9.96. The fraction of sp³-hybridized carbons (Fsp3) is 0.217. The number of aryl methyl sites for hydroxylation is 2. The maximum atomic E-state index is 12.9. The summed E-state index contributed by atoms with van der Waals surface area (Å²) in [6, 6.07) is 10.1. The minimum Gasteiger partial charge on any atom is -0.507 e. The first-order chi connectivity index (χ1) is 14.6. The zero-order valence-corrected chi connectivity index (χ0v) is 16.6. The average Bonchev–Trinajstić information content (AvgIpc) is 3.37. The molecule has 0 unspecified atom stereocenters. The zero-order valence-electron chi connectivity index (χ0n) is 16.6. The lowest BCUT2D eigenvalue weighted by Crippen LogP contribution is -2.31. The van der Waals surface area contributed by atoms with Gasteiger partial charge >= 0.3 is 0 Å². The van der Waals surface area contributed by atoms with Crippen molar-refractivity contribution in [3.05, 3.63) is 89.8 Å². The van der Waals surface area contributed by atoms with E-state index >= 15 is 0 Å². The van der Waals surface area contributed by atoms with Gasteiger partial charge in [0, 0.05) is 43.4 Å². The molecule has 0 saturated carbocycles. The van der Waals surface area contributed by atoms with E-state index in [4.69, 9.17) is 0 Å². The quantitative estimate of drug-likeness (QED) is 0.389. The highest BCUT2D eigenvalue weighted by molar-refractivity contribution is 6.46. The number of ketones is 1. The number of nitrogens with zero attached hydrogens (tertiary/aromatic N) is 4. The standard InChI is InChI=1S/C23H22N4O3/c1-16-5-7-17(8-6-16)21(28)19-20(18-4-2-9-24-14-18)27(23(30)22(19)29)12-3-11-26-13-10-25-15-26/h2,4-10,13-15,20,28H,3,11-12H2,1H3/t20-/m0/s1. The first kappa shape index (κ1) is 19.6. The van der Waals surface area contributed by atoms with Crippen LogP contribution in [0.2, 0.25) is 0 Å². The Hall–Kier alpha value is -3.74. The molecule has 1 amide bonds. The third-order valence-electron chi connectivity index (χ3n) is 5.24. The van der Waals surface area contributed by atoms with Crippen molar-refractivity contribution in [1.82, 2.24) is 19.4 Å². The topological polar surface area (TPSA) is 88.3 Å². The molecule has 0 radical (unpaired) electrons. The van der Waals surface area contributed by atoms with Gasteiger partial charge in [0.15, 0.2) is 0 Å². The minimum atomic E-state index is -0.678. The van der Waals surface area contributed by atoms with Crippen LogP contribution in [0.1, 0.15) is 29.2 Å². The van der Waals surface area contributed by atoms with Crippen molar-refractivity contribution in [2.45, 2.75) is 25.9 Å². The molecule has 3 aromatic rings. The van der Waals surface area contributed by atoms with E-state index in [0.29, 0.717) is 30.6 Å². The van der Waals surface area contributed by atoms with E-state index in [-0.39, 0.29) is 11.3 Å². The molecular weight excluding hydrogens is 380 g/mol. The fourth-order valence-electron chi connectivity index (χ4n) is 3.70. The maximum Gasteiger partial charge on any atom is 0.295 e. The summed E-state index contributed by atoms with van der Waals surface area (Å²) < 4.78 is 1.92. The summed E-state index contributed by atoms with van der Waals surface area (Å²) in [5, 5.41) is 11.0. The first-order valence-electron chi connectivity index (χ1n) is 9.77. The van der Waals surface area contributed by atoms with E-state index in [1.165, 1.54) is 4.90 Å². The van der Waals surface area contributed by atoms with Gasteiger partial charge in [-0.15, -0.1) is 0 Å². The Bertz CT molecular complexity index is 1070. The van der Waals surface area contributed by atoms with E-state index < -0.39 is 17.7 Å². The molecule has 2 aromatic heterocycles. The SMILES string of the molecule is Cc1ccc(C(O)=C2C(=O)C(=O)N(CCCn3ccnc3)[C@H]2c2cccnc2)cc1. The number of carbonyl (C=O) groups excluding carboxylic acids is 2. The molecule has 152 valence electrons. The molecule has 0 spiro atoms. The van der Waals surface area contributed by atoms with Gasteiger partial charge in [0.2, 0.25) is 0 Å². The Morgan fingerprint density at radius 3 is 2.53 bits per heavy atom. The summed E-state index contributed by atoms with van der Waals surface area (Å²) in [4.78, 5) is 35.5. The highest BCUT2D eigenvalue weighted by atomic mass is 16.3. The molecule has 0 aliphatic carbocycles. The third kappa shape index (κ3) is 3.74. The zero-order chi connectivity index (χ0) is 21.1. The molecule has 4 rings (SSSR count). The molecule has 0 bridgehead atoms. The van der Waals surface area contributed by atoms with Crippen LogP contribution in [0, 0.1) is 6.92 Å². The van der Waals surface area contributed by atoms with Crippen LogP contribution in [0.5, 0.6) is 0 Å². The second-order valence-corrected chi connectivity index (χ2v) is 7.30. The Morgan fingerprint density at radius 2 is 1.87 bits per heavy atom. The van der Waals surface area contributed by atoms with Gasteiger partial charge in [-0.1, -0.05) is 35.9 Å². The number of aliphatic hydroxyl groups is 1. The molecule has 1 fully saturated rings. The van der Waals surface area contributed by atoms with E-state index in [2.05, 4.69) is 9.97 Å². The van der Waals surface area contributed by atoms with Gasteiger partial charge in [-0.25, -0.2) is 4.98 Å². The molecular formula is C23H22N4O3. The average molecular weight is 402 g/mol. The third-order valence-corrected chi connectivity index (χ3v) is 5.24. The van der Waals surface area contributed by atoms with Crippen LogP contribution in [0.25, 0.3) is 5.76 Å². The number of imidazole rings is 1. The van der Waals surface area contributed by atoms with Gasteiger partial charge < -0.3 is 14.6 Å². The molecule has 1 aromatic carbocycles. The summed E-state index contributed by atoms with van der Waals surface area (Å²) in [7, 11) is 0. The van der Waals surface area contributed by atoms with Crippen LogP contribution in [0.3, 0.4) is 0 Å². The van der Waals surface area contributed by atoms with Gasteiger partial charge in [0.05, 0.1) is 17.9 Å². The normalized spacial score (nSPS) is 18.2. The number of rotatable bonds is 6. The second kappa shape index (κ2) is 8.32. The van der Waals surface area contributed by atoms with Gasteiger partial charge in [0.1, 0.15) is 5.76 Å². The van der Waals surface area contributed by atoms with Crippen molar-refractivity contribution >= 4 is 17.4 Å². The van der Waals surface area contributed by atoms with Crippen molar-refractivity contribution in [3.63, 3.8) is 0 Å². The van der Waals surface area contributed by atoms with Crippen molar-refractivity contribution in [2.75, 3.05) is 6.54 Å². The monoisotopic (exact) mass is 402 g/mol. The predicted molar refractivity (Wildman–Crippen MR) is 111 cm³/mol. The van der Waals surface area contributed by atoms with Crippen LogP contribution in [0.15, 0.2) is 73.1 Å². The molecule has 7 nitrogen and oxygen atoms in total. The lowest BCUT2D eigenvalue weighted by Gasteiger charge is -2.25. The molecule has 7 heteroatoms. The summed E-state index contributed by atoms with van der Waals surface area (Å²) in [5.41, 5.74) is 2.33. The van der Waals surface area contributed by atoms with Crippen LogP contribution >= 0.6 is 0 Å². The van der Waals surface area contributed by atoms with Crippen molar-refractivity contribution in [2.24, 2.45) is 0 Å². The number of hydrogen-bond acceptors (Lipinski definition) is 5. The van der Waals surface area contributed by atoms with Crippen LogP contribution in [0.4, 0.5) is 0 Å². The summed E-state index contributed by atoms with van der Waals surface area (Å²) in [6.07, 6.45) is 9.17. The predicted octanol–water partition coefficient (Wildman–Crippen LogP) is 3.10. The highest BCUT2D eigenvalue weighted by Crippen LogP contribution is 2.39. The molecule has 30 heavy (non-hydrogen) atoms. The van der Waals surface area contributed by atoms with E-state index in [1.54, 1.807) is 43.1 Å². The van der Waals surface area contributed by atoms with E-state index in [9.17, 15) is 14.7 Å². The second-order valence-electron chi connectivity index (χ2n) is 7.30. The number of aromatic nitrogens is 3. The number of amides is 1. The Kier molecular flexibility index (Phi) is 5.43. The van der Waals surface area contributed by atoms with Crippen molar-refractivity contribution in [3.8, 4) is 0 Å². The summed E-state index contributed by atoms with van der Waals surface area (Å²) in [6.45, 7) is 2.98. The molecule has 1 atom stereocenters.